The summed E-state index contributed by atoms with van der Waals surface area (Å²) in [6.45, 7) is 2.85. The predicted octanol–water partition coefficient (Wildman–Crippen LogP) is 4.16. The van der Waals surface area contributed by atoms with Crippen LogP contribution in [0.15, 0.2) is 0 Å². The van der Waals surface area contributed by atoms with Crippen LogP contribution in [0.3, 0.4) is 0 Å². The van der Waals surface area contributed by atoms with Gasteiger partial charge in [0.05, 0.1) is 0 Å². The Kier molecular flexibility index (Phi) is 0.0807. The molecule has 0 amide bonds. The fourth-order valence-corrected chi connectivity index (χ4v) is 118. The molecular weight excluding hydrogens is 196 g/mol. The van der Waals surface area contributed by atoms with Crippen LogP contribution in [0.1, 0.15) is 13.8 Å². The van der Waals surface area contributed by atoms with Crippen molar-refractivity contribution >= 4 is 0 Å². The van der Waals surface area contributed by atoms with Crippen LogP contribution in [0, 0.1) is 0 Å². The average Bonchev–Trinajstić information content (AvgIpc) is 3.01. The Morgan fingerprint density at radius 1 is 0.692 bits per heavy atom. The van der Waals surface area contributed by atoms with E-state index in [-0.39, 0.29) is 0 Å². The standard InChI is InChI=1S/2C6H7.Cr/c2*1-6-4-2-3-5-6;/h2*2-5H,1H3;. The molecule has 8 unspecified atom stereocenters. The molecule has 10 heterocycles. The van der Waals surface area contributed by atoms with Crippen LogP contribution in [-0.4, -0.2) is 0 Å². The maximum atomic E-state index is 2.83. The minimum absolute atomic E-state index is 1.17. The molecule has 10 aliphatic rings. The molecule has 0 saturated carbocycles. The third kappa shape index (κ3) is 0.0271. The first-order valence-electron chi connectivity index (χ1n) is 6.45. The van der Waals surface area contributed by atoms with Crippen molar-refractivity contribution in [1.29, 1.82) is 0 Å². The molecule has 0 aliphatic carbocycles. The van der Waals surface area contributed by atoms with E-state index in [0.29, 0.717) is 0 Å². The van der Waals surface area contributed by atoms with Gasteiger partial charge < -0.3 is 0 Å². The molecule has 0 aromatic rings. The van der Waals surface area contributed by atoms with Crippen molar-refractivity contribution in [2.24, 2.45) is 0 Å². The molecule has 1 heteroatoms. The Balaban J connectivity index is 2.19. The van der Waals surface area contributed by atoms with E-state index in [0.717, 1.165) is 0 Å². The van der Waals surface area contributed by atoms with E-state index in [1.807, 2.05) is 0 Å². The second-order valence-electron chi connectivity index (χ2n) is 11.7. The molecular formula is C12H14Cr. The van der Waals surface area contributed by atoms with Gasteiger partial charge in [0, 0.05) is 0 Å². The van der Waals surface area contributed by atoms with Gasteiger partial charge in [0.15, 0.2) is 0 Å². The van der Waals surface area contributed by atoms with Crippen LogP contribution in [0.2, 0.25) is 46.8 Å². The molecule has 10 rings (SSSR count). The van der Waals surface area contributed by atoms with Gasteiger partial charge >= 0.3 is 67.3 Å². The summed E-state index contributed by atoms with van der Waals surface area (Å²) in [5.74, 6) is 0. The molecule has 0 bridgehead atoms. The van der Waals surface area contributed by atoms with Crippen molar-refractivity contribution in [3.8, 4) is 0 Å². The Morgan fingerprint density at radius 2 is 1.00 bits per heavy atom. The molecule has 1 spiro atoms. The summed E-state index contributed by atoms with van der Waals surface area (Å²) in [6, 6.07) is 0. The van der Waals surface area contributed by atoms with E-state index in [4.69, 9.17) is 0 Å². The summed E-state index contributed by atoms with van der Waals surface area (Å²) in [5, 5.41) is 0. The molecule has 13 heavy (non-hydrogen) atoms. The third-order valence-electron chi connectivity index (χ3n) is 18.5. The Labute approximate surface area is 67.5 Å². The van der Waals surface area contributed by atoms with Crippen LogP contribution in [0.4, 0.5) is 0 Å². The molecule has 8 atom stereocenters. The molecule has 0 nitrogen and oxygen atoms in total. The van der Waals surface area contributed by atoms with Gasteiger partial charge in [-0.3, -0.25) is 0 Å². The zero-order valence-corrected chi connectivity index (χ0v) is 9.30. The first kappa shape index (κ1) is 4.19. The van der Waals surface area contributed by atoms with E-state index >= 15 is 0 Å². The van der Waals surface area contributed by atoms with Gasteiger partial charge in [0.1, 0.15) is 0 Å². The molecule has 0 N–H and O–H groups in total. The predicted molar refractivity (Wildman–Crippen MR) is 46.7 cm³/mol. The minimum atomic E-state index is -2.81. The normalized spacial score (nSPS) is 158. The average molecular weight is 210 g/mol. The summed E-state index contributed by atoms with van der Waals surface area (Å²) < 4.78 is 14.6. The number of fused-ring (bicyclic) bond motifs is 10. The molecule has 10 saturated heterocycles. The van der Waals surface area contributed by atoms with Crippen LogP contribution in [0.5, 0.6) is 0 Å². The monoisotopic (exact) mass is 210 g/mol. The summed E-state index contributed by atoms with van der Waals surface area (Å²) >= 11 is 0. The van der Waals surface area contributed by atoms with Gasteiger partial charge in [0.25, 0.3) is 0 Å². The maximum absolute atomic E-state index is 2.83. The van der Waals surface area contributed by atoms with Crippen molar-refractivity contribution in [2.75, 3.05) is 0 Å². The summed E-state index contributed by atoms with van der Waals surface area (Å²) in [5.41, 5.74) is 0. The fraction of sp³-hybridized carbons (Fsp3) is 1.00. The van der Waals surface area contributed by atoms with E-state index in [1.165, 1.54) is 46.8 Å². The third-order valence-corrected chi connectivity index (χ3v) is 71.2. The zero-order valence-electron chi connectivity index (χ0n) is 8.03. The second kappa shape index (κ2) is 0.251. The second-order valence-corrected chi connectivity index (χ2v) is 39.1. The summed E-state index contributed by atoms with van der Waals surface area (Å²) in [6.07, 6.45) is 0. The molecule has 0 aromatic heterocycles. The van der Waals surface area contributed by atoms with Crippen LogP contribution < -0.4 is 0 Å². The number of hydrogen-bond donors (Lipinski definition) is 0. The van der Waals surface area contributed by atoms with Gasteiger partial charge in [-0.2, -0.15) is 0 Å². The Morgan fingerprint density at radius 3 is 1.00 bits per heavy atom. The first-order valence-corrected chi connectivity index (χ1v) is 13.6. The van der Waals surface area contributed by atoms with Crippen molar-refractivity contribution in [2.45, 2.75) is 60.6 Å². The SMILES string of the molecule is C[C]12[CH]3[CH]4[CH]5[CH]1[Cr]45321678[CH]2[CH]1[CH]6[C]7(C)[CH]28. The summed E-state index contributed by atoms with van der Waals surface area (Å²) in [7, 11) is 0. The van der Waals surface area contributed by atoms with E-state index in [9.17, 15) is 0 Å². The van der Waals surface area contributed by atoms with Crippen molar-refractivity contribution in [3.63, 3.8) is 0 Å². The quantitative estimate of drug-likeness (QED) is 0.563. The van der Waals surface area contributed by atoms with E-state index in [1.54, 1.807) is 0 Å². The summed E-state index contributed by atoms with van der Waals surface area (Å²) in [4.78, 5) is 0. The van der Waals surface area contributed by atoms with Crippen LogP contribution >= 0.6 is 0 Å². The number of rotatable bonds is 0. The van der Waals surface area contributed by atoms with Crippen molar-refractivity contribution in [3.05, 3.63) is 0 Å². The molecule has 10 aliphatic heterocycles. The van der Waals surface area contributed by atoms with Crippen LogP contribution in [-0.2, 0) is 6.65 Å². The zero-order chi connectivity index (χ0) is 7.94. The Bertz CT molecular complexity index is 821. The van der Waals surface area contributed by atoms with Gasteiger partial charge in [-0.05, 0) is 0 Å². The first-order chi connectivity index (χ1) is 5.93. The van der Waals surface area contributed by atoms with Gasteiger partial charge in [-0.1, -0.05) is 0 Å². The van der Waals surface area contributed by atoms with Crippen LogP contribution in [0.25, 0.3) is 0 Å². The van der Waals surface area contributed by atoms with E-state index < -0.39 is 6.65 Å². The van der Waals surface area contributed by atoms with Crippen molar-refractivity contribution < 1.29 is 6.65 Å². The molecule has 0 radical (unpaired) electrons. The van der Waals surface area contributed by atoms with Gasteiger partial charge in [0.2, 0.25) is 0 Å². The fourth-order valence-electron chi connectivity index (χ4n) is 21.9. The Hall–Kier alpha value is 0.532. The van der Waals surface area contributed by atoms with Crippen molar-refractivity contribution in [1.82, 2.24) is 0 Å². The topological polar surface area (TPSA) is 0 Å². The van der Waals surface area contributed by atoms with Gasteiger partial charge in [-0.15, -0.1) is 0 Å². The van der Waals surface area contributed by atoms with E-state index in [2.05, 4.69) is 13.8 Å². The molecule has 10 fully saturated rings. The van der Waals surface area contributed by atoms with Gasteiger partial charge in [-0.25, -0.2) is 0 Å². The molecule has 68 valence electrons. The molecule has 0 aromatic carbocycles. The number of hydrogen-bond acceptors (Lipinski definition) is 0.